The van der Waals surface area contributed by atoms with E-state index in [9.17, 15) is 9.59 Å². The van der Waals surface area contributed by atoms with E-state index in [-0.39, 0.29) is 11.9 Å². The molecule has 0 aromatic heterocycles. The number of piperidine rings is 1. The Hall–Kier alpha value is -2.86. The summed E-state index contributed by atoms with van der Waals surface area (Å²) < 4.78 is 0. The van der Waals surface area contributed by atoms with Crippen molar-refractivity contribution in [3.05, 3.63) is 65.7 Å². The molecule has 0 saturated carbocycles. The van der Waals surface area contributed by atoms with Gasteiger partial charge in [-0.15, -0.1) is 0 Å². The van der Waals surface area contributed by atoms with Gasteiger partial charge in [0.2, 0.25) is 0 Å². The fraction of sp³-hybridized carbons (Fsp3) is 0.440. The van der Waals surface area contributed by atoms with Crippen LogP contribution in [0.25, 0.3) is 0 Å². The standard InChI is InChI=1S/C25H32N4O2/c1-3-25(21-13-6-4-7-14-21)23(30)29(24(31)26-25)19-27(2)18-20-12-8-9-15-22(20)28-16-10-5-11-17-28/h4,6-9,12-15H,3,5,10-11,16-19H2,1-2H3,(H,26,31)/p+1/t25-/m1/s1. The quantitative estimate of drug-likeness (QED) is 0.676. The lowest BCUT2D eigenvalue weighted by Crippen LogP contribution is -3.09. The van der Waals surface area contributed by atoms with Gasteiger partial charge in [-0.05, 0) is 37.3 Å². The van der Waals surface area contributed by atoms with E-state index in [1.165, 1.54) is 35.4 Å². The predicted octanol–water partition coefficient (Wildman–Crippen LogP) is 2.51. The topological polar surface area (TPSA) is 57.1 Å². The first-order chi connectivity index (χ1) is 15.0. The number of quaternary nitrogens is 1. The summed E-state index contributed by atoms with van der Waals surface area (Å²) in [5.74, 6) is -0.158. The molecule has 3 amide bonds. The van der Waals surface area contributed by atoms with Crippen LogP contribution in [-0.4, -0.2) is 43.6 Å². The highest BCUT2D eigenvalue weighted by atomic mass is 16.2. The number of anilines is 1. The van der Waals surface area contributed by atoms with Gasteiger partial charge in [-0.2, -0.15) is 0 Å². The molecule has 1 unspecified atom stereocenters. The first kappa shape index (κ1) is 21.4. The fourth-order valence-corrected chi connectivity index (χ4v) is 4.89. The molecule has 6 heteroatoms. The van der Waals surface area contributed by atoms with Gasteiger partial charge in [0.05, 0.1) is 7.05 Å². The number of para-hydroxylation sites is 1. The van der Waals surface area contributed by atoms with E-state index in [4.69, 9.17) is 0 Å². The number of amides is 3. The second kappa shape index (κ2) is 9.10. The summed E-state index contributed by atoms with van der Waals surface area (Å²) in [5, 5.41) is 2.98. The lowest BCUT2D eigenvalue weighted by Gasteiger charge is -2.31. The summed E-state index contributed by atoms with van der Waals surface area (Å²) in [5.41, 5.74) is 2.42. The second-order valence-corrected chi connectivity index (χ2v) is 8.76. The molecule has 2 atom stereocenters. The third-order valence-electron chi connectivity index (χ3n) is 6.58. The number of nitrogens with one attached hydrogen (secondary N) is 2. The maximum Gasteiger partial charge on any atom is 0.329 e. The Labute approximate surface area is 184 Å². The van der Waals surface area contributed by atoms with Crippen molar-refractivity contribution in [1.82, 2.24) is 10.2 Å². The minimum absolute atomic E-state index is 0.158. The molecule has 0 aliphatic carbocycles. The number of nitrogens with zero attached hydrogens (tertiary/aromatic N) is 2. The van der Waals surface area contributed by atoms with Gasteiger partial charge in [0.1, 0.15) is 12.1 Å². The number of urea groups is 1. The van der Waals surface area contributed by atoms with Crippen LogP contribution in [0.4, 0.5) is 10.5 Å². The summed E-state index contributed by atoms with van der Waals surface area (Å²) in [4.78, 5) is 31.2. The number of hydrogen-bond acceptors (Lipinski definition) is 3. The lowest BCUT2D eigenvalue weighted by atomic mass is 9.87. The van der Waals surface area contributed by atoms with E-state index < -0.39 is 5.54 Å². The molecule has 4 rings (SSSR count). The molecule has 2 heterocycles. The Morgan fingerprint density at radius 3 is 2.35 bits per heavy atom. The molecule has 2 fully saturated rings. The van der Waals surface area contributed by atoms with Crippen LogP contribution in [0.3, 0.4) is 0 Å². The predicted molar refractivity (Wildman–Crippen MR) is 122 cm³/mol. The Balaban J connectivity index is 1.49. The Morgan fingerprint density at radius 1 is 0.968 bits per heavy atom. The summed E-state index contributed by atoms with van der Waals surface area (Å²) >= 11 is 0. The molecular formula is C25H33N4O2+. The summed E-state index contributed by atoms with van der Waals surface area (Å²) in [6.45, 7) is 5.24. The van der Waals surface area contributed by atoms with Crippen LogP contribution >= 0.6 is 0 Å². The van der Waals surface area contributed by atoms with Gasteiger partial charge >= 0.3 is 6.03 Å². The van der Waals surface area contributed by atoms with E-state index in [0.29, 0.717) is 13.1 Å². The molecule has 2 aliphatic heterocycles. The minimum Gasteiger partial charge on any atom is -0.371 e. The van der Waals surface area contributed by atoms with Gasteiger partial charge in [-0.3, -0.25) is 4.79 Å². The molecular weight excluding hydrogens is 388 g/mol. The highest BCUT2D eigenvalue weighted by molar-refractivity contribution is 6.07. The summed E-state index contributed by atoms with van der Waals surface area (Å²) in [6.07, 6.45) is 4.29. The van der Waals surface area contributed by atoms with Gasteiger partial charge in [-0.25, -0.2) is 9.69 Å². The van der Waals surface area contributed by atoms with Crippen LogP contribution in [0.2, 0.25) is 0 Å². The SMILES string of the molecule is CC[C@]1(c2ccccc2)NC(=O)N(C[NH+](C)Cc2ccccc2N2CCCCC2)C1=O. The van der Waals surface area contributed by atoms with Crippen LogP contribution in [0.1, 0.15) is 43.7 Å². The molecule has 164 valence electrons. The van der Waals surface area contributed by atoms with Crippen molar-refractivity contribution in [1.29, 1.82) is 0 Å². The smallest absolute Gasteiger partial charge is 0.329 e. The highest BCUT2D eigenvalue weighted by Gasteiger charge is 2.52. The number of rotatable bonds is 7. The molecule has 2 aliphatic rings. The molecule has 31 heavy (non-hydrogen) atoms. The number of carbonyl (C=O) groups excluding carboxylic acids is 2. The van der Waals surface area contributed by atoms with E-state index in [2.05, 4.69) is 34.5 Å². The van der Waals surface area contributed by atoms with E-state index in [0.717, 1.165) is 30.1 Å². The third kappa shape index (κ3) is 4.17. The van der Waals surface area contributed by atoms with E-state index in [1.807, 2.05) is 44.3 Å². The van der Waals surface area contributed by atoms with Gasteiger partial charge in [0.15, 0.2) is 6.67 Å². The summed E-state index contributed by atoms with van der Waals surface area (Å²) in [6, 6.07) is 17.8. The first-order valence-electron chi connectivity index (χ1n) is 11.4. The van der Waals surface area contributed by atoms with Crippen molar-refractivity contribution in [2.24, 2.45) is 0 Å². The molecule has 2 aromatic carbocycles. The number of hydrogen-bond donors (Lipinski definition) is 2. The molecule has 0 radical (unpaired) electrons. The number of carbonyl (C=O) groups is 2. The highest BCUT2D eigenvalue weighted by Crippen LogP contribution is 2.32. The average molecular weight is 422 g/mol. The maximum absolute atomic E-state index is 13.4. The van der Waals surface area contributed by atoms with Crippen molar-refractivity contribution in [3.8, 4) is 0 Å². The van der Waals surface area contributed by atoms with Crippen molar-refractivity contribution in [2.75, 3.05) is 31.7 Å². The zero-order valence-electron chi connectivity index (χ0n) is 18.6. The zero-order chi connectivity index (χ0) is 21.8. The molecule has 2 saturated heterocycles. The van der Waals surface area contributed by atoms with Crippen LogP contribution < -0.4 is 15.1 Å². The van der Waals surface area contributed by atoms with Crippen molar-refractivity contribution >= 4 is 17.6 Å². The zero-order valence-corrected chi connectivity index (χ0v) is 18.6. The second-order valence-electron chi connectivity index (χ2n) is 8.76. The maximum atomic E-state index is 13.4. The van der Waals surface area contributed by atoms with E-state index in [1.54, 1.807) is 0 Å². The molecule has 6 nitrogen and oxygen atoms in total. The van der Waals surface area contributed by atoms with Gasteiger partial charge in [0, 0.05) is 24.3 Å². The molecule has 0 spiro atoms. The Bertz CT molecular complexity index is 926. The molecule has 0 bridgehead atoms. The average Bonchev–Trinajstić information content (AvgIpc) is 3.05. The fourth-order valence-electron chi connectivity index (χ4n) is 4.89. The van der Waals surface area contributed by atoms with Crippen LogP contribution in [0.15, 0.2) is 54.6 Å². The number of benzene rings is 2. The molecule has 2 aromatic rings. The van der Waals surface area contributed by atoms with Crippen LogP contribution in [-0.2, 0) is 16.9 Å². The van der Waals surface area contributed by atoms with E-state index >= 15 is 0 Å². The van der Waals surface area contributed by atoms with Crippen molar-refractivity contribution < 1.29 is 14.5 Å². The van der Waals surface area contributed by atoms with Crippen molar-refractivity contribution in [3.63, 3.8) is 0 Å². The first-order valence-corrected chi connectivity index (χ1v) is 11.4. The third-order valence-corrected chi connectivity index (χ3v) is 6.58. The van der Waals surface area contributed by atoms with Crippen LogP contribution in [0.5, 0.6) is 0 Å². The lowest BCUT2D eigenvalue weighted by molar-refractivity contribution is -0.901. The Kier molecular flexibility index (Phi) is 6.28. The van der Waals surface area contributed by atoms with Gasteiger partial charge in [0.25, 0.3) is 5.91 Å². The largest absolute Gasteiger partial charge is 0.371 e. The van der Waals surface area contributed by atoms with Gasteiger partial charge in [-0.1, -0.05) is 55.5 Å². The number of imide groups is 1. The normalized spacial score (nSPS) is 22.5. The molecule has 2 N–H and O–H groups in total. The minimum atomic E-state index is -0.968. The van der Waals surface area contributed by atoms with Gasteiger partial charge < -0.3 is 15.1 Å². The Morgan fingerprint density at radius 2 is 1.65 bits per heavy atom. The van der Waals surface area contributed by atoms with Crippen molar-refractivity contribution in [2.45, 2.75) is 44.7 Å². The van der Waals surface area contributed by atoms with Crippen LogP contribution in [0, 0.1) is 0 Å². The monoisotopic (exact) mass is 421 g/mol. The summed E-state index contributed by atoms with van der Waals surface area (Å²) in [7, 11) is 2.04.